The third kappa shape index (κ3) is 3.27. The molecule has 6 heteroatoms. The van der Waals surface area contributed by atoms with Crippen molar-refractivity contribution in [3.8, 4) is 5.75 Å². The first kappa shape index (κ1) is 17.5. The number of carbonyl (C=O) groups excluding carboxylic acids is 2. The Hall–Kier alpha value is -2.89. The van der Waals surface area contributed by atoms with Crippen LogP contribution in [0.2, 0.25) is 0 Å². The number of nitrogens with zero attached hydrogens (tertiary/aromatic N) is 3. The van der Waals surface area contributed by atoms with Crippen LogP contribution in [0, 0.1) is 5.41 Å². The Labute approximate surface area is 158 Å². The number of rotatable bonds is 4. The predicted molar refractivity (Wildman–Crippen MR) is 100 cm³/mol. The summed E-state index contributed by atoms with van der Waals surface area (Å²) in [4.78, 5) is 33.6. The number of aromatic nitrogens is 1. The molecule has 0 aliphatic carbocycles. The zero-order chi connectivity index (χ0) is 18.9. The number of carbonyl (C=O) groups is 2. The second-order valence-corrected chi connectivity index (χ2v) is 7.30. The van der Waals surface area contributed by atoms with Crippen LogP contribution in [0.25, 0.3) is 0 Å². The standard InChI is InChI=1S/C21H23N3O3/c1-27-17-6-4-5-16(13-17)14-23-11-8-21(20(23)26)9-12-24(15-21)19(25)18-7-2-3-10-22-18/h2-7,10,13H,8-9,11-12,14-15H2,1H3/t21-/m0/s1. The second kappa shape index (κ2) is 7.02. The van der Waals surface area contributed by atoms with Crippen molar-refractivity contribution < 1.29 is 14.3 Å². The third-order valence-electron chi connectivity index (χ3n) is 5.63. The van der Waals surface area contributed by atoms with Crippen LogP contribution < -0.4 is 4.74 Å². The van der Waals surface area contributed by atoms with Crippen LogP contribution in [0.4, 0.5) is 0 Å². The molecular weight excluding hydrogens is 342 g/mol. The smallest absolute Gasteiger partial charge is 0.272 e. The Morgan fingerprint density at radius 1 is 1.19 bits per heavy atom. The molecule has 4 rings (SSSR count). The van der Waals surface area contributed by atoms with Crippen LogP contribution in [-0.4, -0.2) is 53.3 Å². The van der Waals surface area contributed by atoms with Gasteiger partial charge in [0, 0.05) is 32.4 Å². The summed E-state index contributed by atoms with van der Waals surface area (Å²) in [6, 6.07) is 13.1. The predicted octanol–water partition coefficient (Wildman–Crippen LogP) is 2.36. The van der Waals surface area contributed by atoms with Gasteiger partial charge in [-0.05, 0) is 42.7 Å². The molecular formula is C21H23N3O3. The van der Waals surface area contributed by atoms with Crippen molar-refractivity contribution in [1.82, 2.24) is 14.8 Å². The summed E-state index contributed by atoms with van der Waals surface area (Å²) in [6.45, 7) is 2.39. The summed E-state index contributed by atoms with van der Waals surface area (Å²) >= 11 is 0. The van der Waals surface area contributed by atoms with Gasteiger partial charge in [-0.25, -0.2) is 0 Å². The molecule has 0 bridgehead atoms. The highest BCUT2D eigenvalue weighted by Gasteiger charge is 2.51. The number of amides is 2. The lowest BCUT2D eigenvalue weighted by molar-refractivity contribution is -0.135. The molecule has 140 valence electrons. The van der Waals surface area contributed by atoms with Crippen molar-refractivity contribution in [2.45, 2.75) is 19.4 Å². The maximum atomic E-state index is 13.1. The quantitative estimate of drug-likeness (QED) is 0.834. The summed E-state index contributed by atoms with van der Waals surface area (Å²) in [6.07, 6.45) is 3.14. The number of hydrogen-bond acceptors (Lipinski definition) is 4. The van der Waals surface area contributed by atoms with E-state index < -0.39 is 5.41 Å². The van der Waals surface area contributed by atoms with E-state index in [0.717, 1.165) is 30.7 Å². The van der Waals surface area contributed by atoms with Crippen molar-refractivity contribution in [3.63, 3.8) is 0 Å². The van der Waals surface area contributed by atoms with E-state index >= 15 is 0 Å². The average Bonchev–Trinajstić information content (AvgIpc) is 3.28. The molecule has 0 saturated carbocycles. The minimum absolute atomic E-state index is 0.0912. The zero-order valence-corrected chi connectivity index (χ0v) is 15.4. The van der Waals surface area contributed by atoms with Crippen LogP contribution in [0.15, 0.2) is 48.7 Å². The van der Waals surface area contributed by atoms with Crippen molar-refractivity contribution >= 4 is 11.8 Å². The van der Waals surface area contributed by atoms with Gasteiger partial charge in [-0.3, -0.25) is 14.6 Å². The van der Waals surface area contributed by atoms with E-state index in [1.54, 1.807) is 30.3 Å². The first-order valence-corrected chi connectivity index (χ1v) is 9.24. The Morgan fingerprint density at radius 3 is 2.81 bits per heavy atom. The molecule has 1 aromatic carbocycles. The van der Waals surface area contributed by atoms with Gasteiger partial charge >= 0.3 is 0 Å². The molecule has 2 aromatic rings. The first-order valence-electron chi connectivity index (χ1n) is 9.24. The van der Waals surface area contributed by atoms with Gasteiger partial charge in [0.05, 0.1) is 12.5 Å². The van der Waals surface area contributed by atoms with Crippen LogP contribution in [-0.2, 0) is 11.3 Å². The fourth-order valence-electron chi connectivity index (χ4n) is 4.11. The van der Waals surface area contributed by atoms with Crippen LogP contribution in [0.1, 0.15) is 28.9 Å². The fraction of sp³-hybridized carbons (Fsp3) is 0.381. The molecule has 0 N–H and O–H groups in total. The lowest BCUT2D eigenvalue weighted by Gasteiger charge is -2.23. The molecule has 0 radical (unpaired) electrons. The topological polar surface area (TPSA) is 62.7 Å². The zero-order valence-electron chi connectivity index (χ0n) is 15.4. The SMILES string of the molecule is COc1cccc(CN2CC[C@@]3(CCN(C(=O)c4ccccn4)C3)C2=O)c1. The molecule has 1 spiro atoms. The van der Waals surface area contributed by atoms with Gasteiger partial charge in [-0.2, -0.15) is 0 Å². The van der Waals surface area contributed by atoms with E-state index in [2.05, 4.69) is 4.98 Å². The van der Waals surface area contributed by atoms with E-state index in [9.17, 15) is 9.59 Å². The van der Waals surface area contributed by atoms with Crippen LogP contribution in [0.5, 0.6) is 5.75 Å². The van der Waals surface area contributed by atoms with E-state index in [-0.39, 0.29) is 11.8 Å². The van der Waals surface area contributed by atoms with Gasteiger partial charge in [0.1, 0.15) is 11.4 Å². The number of pyridine rings is 1. The van der Waals surface area contributed by atoms with E-state index in [1.807, 2.05) is 35.2 Å². The first-order chi connectivity index (χ1) is 13.1. The molecule has 1 aromatic heterocycles. The van der Waals surface area contributed by atoms with Gasteiger partial charge in [-0.1, -0.05) is 18.2 Å². The van der Waals surface area contributed by atoms with Gasteiger partial charge < -0.3 is 14.5 Å². The summed E-state index contributed by atoms with van der Waals surface area (Å²) in [5, 5.41) is 0. The molecule has 2 fully saturated rings. The molecule has 2 amide bonds. The highest BCUT2D eigenvalue weighted by atomic mass is 16.5. The van der Waals surface area contributed by atoms with Gasteiger partial charge in [0.2, 0.25) is 5.91 Å². The Bertz CT molecular complexity index is 855. The molecule has 3 heterocycles. The molecule has 27 heavy (non-hydrogen) atoms. The van der Waals surface area contributed by atoms with Crippen molar-refractivity contribution in [2.24, 2.45) is 5.41 Å². The van der Waals surface area contributed by atoms with E-state index in [1.165, 1.54) is 0 Å². The monoisotopic (exact) mass is 365 g/mol. The summed E-state index contributed by atoms with van der Waals surface area (Å²) in [5.74, 6) is 0.857. The van der Waals surface area contributed by atoms with Crippen LogP contribution >= 0.6 is 0 Å². The molecule has 2 aliphatic heterocycles. The van der Waals surface area contributed by atoms with Gasteiger partial charge in [0.25, 0.3) is 5.91 Å². The summed E-state index contributed by atoms with van der Waals surface area (Å²) in [7, 11) is 1.64. The fourth-order valence-corrected chi connectivity index (χ4v) is 4.11. The van der Waals surface area contributed by atoms with E-state index in [4.69, 9.17) is 4.74 Å². The molecule has 1 atom stereocenters. The maximum absolute atomic E-state index is 13.1. The highest BCUT2D eigenvalue weighted by Crippen LogP contribution is 2.41. The van der Waals surface area contributed by atoms with Gasteiger partial charge in [-0.15, -0.1) is 0 Å². The minimum atomic E-state index is -0.441. The molecule has 2 aliphatic rings. The second-order valence-electron chi connectivity index (χ2n) is 7.30. The Balaban J connectivity index is 1.44. The summed E-state index contributed by atoms with van der Waals surface area (Å²) < 4.78 is 5.27. The molecule has 2 saturated heterocycles. The molecule has 0 unspecified atom stereocenters. The lowest BCUT2D eigenvalue weighted by Crippen LogP contribution is -2.38. The number of hydrogen-bond donors (Lipinski definition) is 0. The van der Waals surface area contributed by atoms with Crippen molar-refractivity contribution in [1.29, 1.82) is 0 Å². The highest BCUT2D eigenvalue weighted by molar-refractivity contribution is 5.94. The largest absolute Gasteiger partial charge is 0.497 e. The maximum Gasteiger partial charge on any atom is 0.272 e. The van der Waals surface area contributed by atoms with Crippen molar-refractivity contribution in [2.75, 3.05) is 26.7 Å². The molecule has 6 nitrogen and oxygen atoms in total. The minimum Gasteiger partial charge on any atom is -0.497 e. The van der Waals surface area contributed by atoms with E-state index in [0.29, 0.717) is 25.3 Å². The third-order valence-corrected chi connectivity index (χ3v) is 5.63. The number of ether oxygens (including phenoxy) is 1. The summed E-state index contributed by atoms with van der Waals surface area (Å²) in [5.41, 5.74) is 1.05. The average molecular weight is 365 g/mol. The lowest BCUT2D eigenvalue weighted by atomic mass is 9.85. The number of likely N-dealkylation sites (tertiary alicyclic amines) is 2. The number of benzene rings is 1. The van der Waals surface area contributed by atoms with Crippen LogP contribution in [0.3, 0.4) is 0 Å². The normalized spacial score (nSPS) is 21.9. The van der Waals surface area contributed by atoms with Crippen molar-refractivity contribution in [3.05, 3.63) is 59.9 Å². The Kier molecular flexibility index (Phi) is 4.56. The number of methoxy groups -OCH3 is 1. The Morgan fingerprint density at radius 2 is 2.04 bits per heavy atom. The van der Waals surface area contributed by atoms with Gasteiger partial charge in [0.15, 0.2) is 0 Å².